The molecule has 1 unspecified atom stereocenters. The SMILES string of the molecule is CCCC1(C2CCN(C(=O)c3ccc4c(c3)OCCO4)CC2)NC(=O)N(CCc2ccccn2)C1=O. The second kappa shape index (κ2) is 10.2. The minimum absolute atomic E-state index is 0.0296. The van der Waals surface area contributed by atoms with Crippen LogP contribution < -0.4 is 14.8 Å². The summed E-state index contributed by atoms with van der Waals surface area (Å²) >= 11 is 0. The number of imide groups is 1. The van der Waals surface area contributed by atoms with Crippen LogP contribution in [0.3, 0.4) is 0 Å². The van der Waals surface area contributed by atoms with E-state index in [1.165, 1.54) is 4.90 Å². The van der Waals surface area contributed by atoms with E-state index in [0.29, 0.717) is 75.6 Å². The van der Waals surface area contributed by atoms with Gasteiger partial charge in [-0.2, -0.15) is 0 Å². The van der Waals surface area contributed by atoms with Crippen molar-refractivity contribution in [2.24, 2.45) is 5.92 Å². The second-order valence-corrected chi connectivity index (χ2v) is 9.60. The molecule has 0 aliphatic carbocycles. The highest BCUT2D eigenvalue weighted by molar-refractivity contribution is 6.07. The molecule has 0 saturated carbocycles. The molecule has 9 heteroatoms. The van der Waals surface area contributed by atoms with Crippen LogP contribution in [0.4, 0.5) is 4.79 Å². The van der Waals surface area contributed by atoms with Gasteiger partial charge in [-0.25, -0.2) is 4.79 Å². The highest BCUT2D eigenvalue weighted by Gasteiger charge is 2.55. The van der Waals surface area contributed by atoms with E-state index in [1.54, 1.807) is 24.4 Å². The van der Waals surface area contributed by atoms with E-state index >= 15 is 0 Å². The number of nitrogens with zero attached hydrogens (tertiary/aromatic N) is 3. The fraction of sp³-hybridized carbons (Fsp3) is 0.481. The summed E-state index contributed by atoms with van der Waals surface area (Å²) in [5, 5.41) is 3.07. The van der Waals surface area contributed by atoms with E-state index in [9.17, 15) is 14.4 Å². The maximum Gasteiger partial charge on any atom is 0.325 e. The van der Waals surface area contributed by atoms with Crippen LogP contribution in [-0.4, -0.2) is 71.0 Å². The predicted octanol–water partition coefficient (Wildman–Crippen LogP) is 3.04. The Morgan fingerprint density at radius 1 is 1.11 bits per heavy atom. The molecule has 1 atom stereocenters. The topological polar surface area (TPSA) is 101 Å². The van der Waals surface area contributed by atoms with E-state index in [4.69, 9.17) is 9.47 Å². The summed E-state index contributed by atoms with van der Waals surface area (Å²) in [5.74, 6) is 1.00. The molecule has 0 spiro atoms. The van der Waals surface area contributed by atoms with Gasteiger partial charge in [-0.1, -0.05) is 19.4 Å². The maximum absolute atomic E-state index is 13.6. The van der Waals surface area contributed by atoms with Gasteiger partial charge in [0.1, 0.15) is 18.8 Å². The third-order valence-electron chi connectivity index (χ3n) is 7.43. The number of likely N-dealkylation sites (tertiary alicyclic amines) is 1. The van der Waals surface area contributed by atoms with Crippen LogP contribution in [0.1, 0.15) is 48.7 Å². The van der Waals surface area contributed by atoms with Crippen LogP contribution in [-0.2, 0) is 11.2 Å². The third-order valence-corrected chi connectivity index (χ3v) is 7.43. The fourth-order valence-electron chi connectivity index (χ4n) is 5.60. The molecule has 36 heavy (non-hydrogen) atoms. The van der Waals surface area contributed by atoms with Crippen molar-refractivity contribution < 1.29 is 23.9 Å². The minimum Gasteiger partial charge on any atom is -0.486 e. The van der Waals surface area contributed by atoms with E-state index in [0.717, 1.165) is 12.1 Å². The lowest BCUT2D eigenvalue weighted by Crippen LogP contribution is -2.56. The number of amides is 4. The Morgan fingerprint density at radius 3 is 2.61 bits per heavy atom. The number of hydrogen-bond donors (Lipinski definition) is 1. The van der Waals surface area contributed by atoms with Crippen molar-refractivity contribution in [1.29, 1.82) is 0 Å². The van der Waals surface area contributed by atoms with Gasteiger partial charge < -0.3 is 19.7 Å². The summed E-state index contributed by atoms with van der Waals surface area (Å²) in [6.07, 6.45) is 4.88. The Labute approximate surface area is 210 Å². The Hall–Kier alpha value is -3.62. The lowest BCUT2D eigenvalue weighted by Gasteiger charge is -2.41. The van der Waals surface area contributed by atoms with Gasteiger partial charge in [-0.05, 0) is 55.5 Å². The number of pyridine rings is 1. The number of nitrogens with one attached hydrogen (secondary N) is 1. The average molecular weight is 493 g/mol. The summed E-state index contributed by atoms with van der Waals surface area (Å²) < 4.78 is 11.2. The first-order valence-electron chi connectivity index (χ1n) is 12.7. The van der Waals surface area contributed by atoms with Crippen molar-refractivity contribution in [3.8, 4) is 11.5 Å². The molecule has 9 nitrogen and oxygen atoms in total. The van der Waals surface area contributed by atoms with Crippen LogP contribution >= 0.6 is 0 Å². The number of piperidine rings is 1. The van der Waals surface area contributed by atoms with Crippen LogP contribution in [0.25, 0.3) is 0 Å². The number of urea groups is 1. The summed E-state index contributed by atoms with van der Waals surface area (Å²) in [4.78, 5) is 47.2. The molecule has 1 aromatic heterocycles. The van der Waals surface area contributed by atoms with Crippen LogP contribution in [0.2, 0.25) is 0 Å². The lowest BCUT2D eigenvalue weighted by atomic mass is 9.74. The molecule has 2 saturated heterocycles. The van der Waals surface area contributed by atoms with E-state index in [-0.39, 0.29) is 23.8 Å². The number of carbonyl (C=O) groups excluding carboxylic acids is 3. The molecule has 190 valence electrons. The van der Waals surface area contributed by atoms with E-state index in [2.05, 4.69) is 10.3 Å². The molecule has 3 aliphatic rings. The molecule has 2 aromatic rings. The standard InChI is InChI=1S/C27H32N4O5/c1-2-11-27(25(33)31(26(34)29-27)15-10-21-5-3-4-12-28-21)20-8-13-30(14-9-20)24(32)19-6-7-22-23(18-19)36-17-16-35-22/h3-7,12,18,20H,2,8-11,13-17H2,1H3,(H,29,34). The molecule has 3 aliphatic heterocycles. The number of benzene rings is 1. The molecular weight excluding hydrogens is 460 g/mol. The van der Waals surface area contributed by atoms with Gasteiger partial charge in [0.05, 0.1) is 0 Å². The first-order chi connectivity index (χ1) is 17.5. The lowest BCUT2D eigenvalue weighted by molar-refractivity contribution is -0.134. The molecule has 0 radical (unpaired) electrons. The molecule has 1 aromatic carbocycles. The Bertz CT molecular complexity index is 1130. The molecular formula is C27H32N4O5. The van der Waals surface area contributed by atoms with Crippen LogP contribution in [0.15, 0.2) is 42.6 Å². The molecule has 2 fully saturated rings. The van der Waals surface area contributed by atoms with Crippen molar-refractivity contribution in [3.05, 3.63) is 53.9 Å². The van der Waals surface area contributed by atoms with Crippen molar-refractivity contribution >= 4 is 17.8 Å². The number of aromatic nitrogens is 1. The summed E-state index contributed by atoms with van der Waals surface area (Å²) in [6.45, 7) is 4.35. The molecule has 1 N–H and O–H groups in total. The van der Waals surface area contributed by atoms with Gasteiger partial charge in [0.25, 0.3) is 11.8 Å². The molecule has 5 rings (SSSR count). The first kappa shape index (κ1) is 24.1. The zero-order valence-corrected chi connectivity index (χ0v) is 20.6. The molecule has 4 amide bonds. The average Bonchev–Trinajstić information content (AvgIpc) is 3.16. The van der Waals surface area contributed by atoms with Crippen molar-refractivity contribution in [2.75, 3.05) is 32.8 Å². The minimum atomic E-state index is -0.915. The van der Waals surface area contributed by atoms with E-state index < -0.39 is 5.54 Å². The summed E-state index contributed by atoms with van der Waals surface area (Å²) in [7, 11) is 0. The normalized spacial score (nSPS) is 22.0. The number of ether oxygens (including phenoxy) is 2. The van der Waals surface area contributed by atoms with Gasteiger partial charge >= 0.3 is 6.03 Å². The number of hydrogen-bond acceptors (Lipinski definition) is 6. The molecule has 4 heterocycles. The van der Waals surface area contributed by atoms with Gasteiger partial charge in [0.2, 0.25) is 0 Å². The van der Waals surface area contributed by atoms with E-state index in [1.807, 2.05) is 30.0 Å². The van der Waals surface area contributed by atoms with Crippen molar-refractivity contribution in [1.82, 2.24) is 20.1 Å². The van der Waals surface area contributed by atoms with Gasteiger partial charge in [-0.15, -0.1) is 0 Å². The third kappa shape index (κ3) is 4.50. The number of fused-ring (bicyclic) bond motifs is 1. The highest BCUT2D eigenvalue weighted by Crippen LogP contribution is 2.38. The maximum atomic E-state index is 13.6. The Kier molecular flexibility index (Phi) is 6.80. The highest BCUT2D eigenvalue weighted by atomic mass is 16.6. The summed E-state index contributed by atoms with van der Waals surface area (Å²) in [6, 6.07) is 10.6. The zero-order valence-electron chi connectivity index (χ0n) is 20.6. The monoisotopic (exact) mass is 492 g/mol. The smallest absolute Gasteiger partial charge is 0.325 e. The predicted molar refractivity (Wildman–Crippen MR) is 132 cm³/mol. The van der Waals surface area contributed by atoms with Crippen molar-refractivity contribution in [2.45, 2.75) is 44.6 Å². The fourth-order valence-corrected chi connectivity index (χ4v) is 5.60. The van der Waals surface area contributed by atoms with Crippen molar-refractivity contribution in [3.63, 3.8) is 0 Å². The van der Waals surface area contributed by atoms with Gasteiger partial charge in [0.15, 0.2) is 11.5 Å². The van der Waals surface area contributed by atoms with Gasteiger partial charge in [-0.3, -0.25) is 19.5 Å². The van der Waals surface area contributed by atoms with Crippen LogP contribution in [0.5, 0.6) is 11.5 Å². The van der Waals surface area contributed by atoms with Crippen LogP contribution in [0, 0.1) is 5.92 Å². The number of carbonyl (C=O) groups is 3. The van der Waals surface area contributed by atoms with Gasteiger partial charge in [0, 0.05) is 43.5 Å². The molecule has 0 bridgehead atoms. The zero-order chi connectivity index (χ0) is 25.1. The first-order valence-corrected chi connectivity index (χ1v) is 12.7. The quantitative estimate of drug-likeness (QED) is 0.597. The Balaban J connectivity index is 1.25. The number of rotatable bonds is 7. The second-order valence-electron chi connectivity index (χ2n) is 9.60. The summed E-state index contributed by atoms with van der Waals surface area (Å²) in [5.41, 5.74) is 0.492. The largest absolute Gasteiger partial charge is 0.486 e. The Morgan fingerprint density at radius 2 is 1.89 bits per heavy atom.